The molecule has 0 spiro atoms. The van der Waals surface area contributed by atoms with Crippen LogP contribution in [0.4, 0.5) is 0 Å². The molecule has 1 unspecified atom stereocenters. The summed E-state index contributed by atoms with van der Waals surface area (Å²) in [5.41, 5.74) is 7.36. The van der Waals surface area contributed by atoms with Crippen molar-refractivity contribution in [3.8, 4) is 0 Å². The average molecular weight is 208 g/mol. The molecule has 2 N–H and O–H groups in total. The highest BCUT2D eigenvalue weighted by Crippen LogP contribution is 2.22. The van der Waals surface area contributed by atoms with Crippen LogP contribution < -0.4 is 5.73 Å². The van der Waals surface area contributed by atoms with Gasteiger partial charge < -0.3 is 4.74 Å². The Morgan fingerprint density at radius 1 is 1.53 bits per heavy atom. The van der Waals surface area contributed by atoms with Gasteiger partial charge in [0.25, 0.3) is 0 Å². The number of carbonyl (C=O) groups is 1. The highest BCUT2D eigenvalue weighted by Gasteiger charge is 2.16. The fourth-order valence-electron chi connectivity index (χ4n) is 1.39. The number of aromatic nitrogens is 1. The lowest BCUT2D eigenvalue weighted by molar-refractivity contribution is -0.146. The van der Waals surface area contributed by atoms with Gasteiger partial charge in [0.15, 0.2) is 6.23 Å². The van der Waals surface area contributed by atoms with Crippen molar-refractivity contribution < 1.29 is 9.53 Å². The Morgan fingerprint density at radius 3 is 2.73 bits per heavy atom. The van der Waals surface area contributed by atoms with Crippen LogP contribution in [-0.4, -0.2) is 11.0 Å². The summed E-state index contributed by atoms with van der Waals surface area (Å²) in [5, 5.41) is 0. The molecular weight excluding hydrogens is 192 g/mol. The molecule has 0 bridgehead atoms. The van der Waals surface area contributed by atoms with Gasteiger partial charge in [-0.1, -0.05) is 19.9 Å². The first-order valence-electron chi connectivity index (χ1n) is 4.90. The highest BCUT2D eigenvalue weighted by molar-refractivity contribution is 5.66. The molecule has 4 heteroatoms. The molecule has 0 aliphatic heterocycles. The maximum absolute atomic E-state index is 10.8. The molecule has 0 saturated heterocycles. The van der Waals surface area contributed by atoms with Gasteiger partial charge in [0, 0.05) is 13.1 Å². The Kier molecular flexibility index (Phi) is 3.80. The molecular formula is C11H16N2O2. The van der Waals surface area contributed by atoms with E-state index in [-0.39, 0.29) is 0 Å². The summed E-state index contributed by atoms with van der Waals surface area (Å²) in [6.07, 6.45) is 0.867. The SMILES string of the molecule is CC(=O)OC(N)c1ncccc1C(C)C. The number of esters is 1. The minimum atomic E-state index is -0.777. The molecule has 1 rings (SSSR count). The molecule has 0 aromatic carbocycles. The second kappa shape index (κ2) is 4.89. The van der Waals surface area contributed by atoms with Crippen LogP contribution in [0.2, 0.25) is 0 Å². The maximum Gasteiger partial charge on any atom is 0.304 e. The Balaban J connectivity index is 2.97. The van der Waals surface area contributed by atoms with Gasteiger partial charge in [-0.3, -0.25) is 15.5 Å². The molecule has 0 saturated carbocycles. The van der Waals surface area contributed by atoms with E-state index in [0.717, 1.165) is 5.56 Å². The number of pyridine rings is 1. The predicted molar refractivity (Wildman–Crippen MR) is 57.0 cm³/mol. The van der Waals surface area contributed by atoms with Gasteiger partial charge in [-0.25, -0.2) is 0 Å². The van der Waals surface area contributed by atoms with Crippen LogP contribution in [0.5, 0.6) is 0 Å². The molecule has 0 fully saturated rings. The number of ether oxygens (including phenoxy) is 1. The van der Waals surface area contributed by atoms with E-state index >= 15 is 0 Å². The fraction of sp³-hybridized carbons (Fsp3) is 0.455. The molecule has 0 aliphatic carbocycles. The van der Waals surface area contributed by atoms with Crippen molar-refractivity contribution in [2.75, 3.05) is 0 Å². The number of nitrogens with zero attached hydrogens (tertiary/aromatic N) is 1. The van der Waals surface area contributed by atoms with E-state index in [1.165, 1.54) is 6.92 Å². The zero-order chi connectivity index (χ0) is 11.4. The fourth-order valence-corrected chi connectivity index (χ4v) is 1.39. The maximum atomic E-state index is 10.8. The van der Waals surface area contributed by atoms with Gasteiger partial charge in [0.1, 0.15) is 0 Å². The Hall–Kier alpha value is -1.42. The van der Waals surface area contributed by atoms with Crippen molar-refractivity contribution in [2.45, 2.75) is 32.9 Å². The van der Waals surface area contributed by atoms with Gasteiger partial charge in [-0.2, -0.15) is 0 Å². The van der Waals surface area contributed by atoms with Gasteiger partial charge in [-0.15, -0.1) is 0 Å². The summed E-state index contributed by atoms with van der Waals surface area (Å²) in [4.78, 5) is 14.9. The molecule has 1 heterocycles. The van der Waals surface area contributed by atoms with Crippen molar-refractivity contribution in [2.24, 2.45) is 5.73 Å². The van der Waals surface area contributed by atoms with E-state index in [4.69, 9.17) is 10.5 Å². The quantitative estimate of drug-likeness (QED) is 0.606. The number of carbonyl (C=O) groups excluding carboxylic acids is 1. The summed E-state index contributed by atoms with van der Waals surface area (Å²) >= 11 is 0. The van der Waals surface area contributed by atoms with Crippen molar-refractivity contribution in [3.05, 3.63) is 29.6 Å². The van der Waals surface area contributed by atoms with Crippen LogP contribution in [0, 0.1) is 0 Å². The third kappa shape index (κ3) is 3.02. The van der Waals surface area contributed by atoms with E-state index in [1.54, 1.807) is 6.20 Å². The monoisotopic (exact) mass is 208 g/mol. The van der Waals surface area contributed by atoms with Crippen LogP contribution in [-0.2, 0) is 9.53 Å². The zero-order valence-corrected chi connectivity index (χ0v) is 9.23. The van der Waals surface area contributed by atoms with E-state index in [0.29, 0.717) is 11.6 Å². The first-order valence-corrected chi connectivity index (χ1v) is 4.90. The third-order valence-electron chi connectivity index (χ3n) is 2.06. The Labute approximate surface area is 89.5 Å². The second-order valence-electron chi connectivity index (χ2n) is 3.66. The Morgan fingerprint density at radius 2 is 2.20 bits per heavy atom. The van der Waals surface area contributed by atoms with Crippen molar-refractivity contribution in [1.29, 1.82) is 0 Å². The molecule has 0 amide bonds. The summed E-state index contributed by atoms with van der Waals surface area (Å²) < 4.78 is 4.90. The highest BCUT2D eigenvalue weighted by atomic mass is 16.6. The van der Waals surface area contributed by atoms with Crippen LogP contribution in [0.25, 0.3) is 0 Å². The minimum absolute atomic E-state index is 0.301. The van der Waals surface area contributed by atoms with Gasteiger partial charge in [0.2, 0.25) is 0 Å². The Bertz CT molecular complexity index is 350. The van der Waals surface area contributed by atoms with Gasteiger partial charge in [-0.05, 0) is 17.5 Å². The standard InChI is InChI=1S/C11H16N2O2/c1-7(2)9-5-4-6-13-10(9)11(12)15-8(3)14/h4-7,11H,12H2,1-3H3. The third-order valence-corrected chi connectivity index (χ3v) is 2.06. The first kappa shape index (κ1) is 11.7. The minimum Gasteiger partial charge on any atom is -0.441 e. The van der Waals surface area contributed by atoms with Crippen molar-refractivity contribution in [3.63, 3.8) is 0 Å². The predicted octanol–water partition coefficient (Wildman–Crippen LogP) is 1.73. The molecule has 0 radical (unpaired) electrons. The molecule has 4 nitrogen and oxygen atoms in total. The molecule has 15 heavy (non-hydrogen) atoms. The normalized spacial score (nSPS) is 12.6. The second-order valence-corrected chi connectivity index (χ2v) is 3.66. The number of rotatable bonds is 3. The van der Waals surface area contributed by atoms with Gasteiger partial charge in [0.05, 0.1) is 5.69 Å². The summed E-state index contributed by atoms with van der Waals surface area (Å²) in [6, 6.07) is 3.79. The summed E-state index contributed by atoms with van der Waals surface area (Å²) in [6.45, 7) is 5.42. The largest absolute Gasteiger partial charge is 0.441 e. The van der Waals surface area contributed by atoms with Crippen LogP contribution in [0.15, 0.2) is 18.3 Å². The molecule has 0 aliphatic rings. The molecule has 1 atom stereocenters. The van der Waals surface area contributed by atoms with E-state index in [2.05, 4.69) is 4.98 Å². The average Bonchev–Trinajstić information content (AvgIpc) is 2.16. The molecule has 1 aromatic rings. The van der Waals surface area contributed by atoms with Crippen LogP contribution >= 0.6 is 0 Å². The molecule has 82 valence electrons. The van der Waals surface area contributed by atoms with Crippen LogP contribution in [0.3, 0.4) is 0 Å². The smallest absolute Gasteiger partial charge is 0.304 e. The first-order chi connectivity index (χ1) is 7.02. The molecule has 1 aromatic heterocycles. The summed E-state index contributed by atoms with van der Waals surface area (Å²) in [5.74, 6) is -0.0989. The van der Waals surface area contributed by atoms with E-state index in [9.17, 15) is 4.79 Å². The lowest BCUT2D eigenvalue weighted by atomic mass is 10.0. The number of nitrogens with two attached hydrogens (primary N) is 1. The van der Waals surface area contributed by atoms with Crippen molar-refractivity contribution in [1.82, 2.24) is 4.98 Å². The van der Waals surface area contributed by atoms with Crippen LogP contribution in [0.1, 0.15) is 44.2 Å². The number of hydrogen-bond acceptors (Lipinski definition) is 4. The zero-order valence-electron chi connectivity index (χ0n) is 9.23. The lowest BCUT2D eigenvalue weighted by Crippen LogP contribution is -2.20. The summed E-state index contributed by atoms with van der Waals surface area (Å²) in [7, 11) is 0. The topological polar surface area (TPSA) is 65.2 Å². The van der Waals surface area contributed by atoms with Crippen molar-refractivity contribution >= 4 is 5.97 Å². The van der Waals surface area contributed by atoms with E-state index in [1.807, 2.05) is 26.0 Å². The number of hydrogen-bond donors (Lipinski definition) is 1. The van der Waals surface area contributed by atoms with Gasteiger partial charge >= 0.3 is 5.97 Å². The van der Waals surface area contributed by atoms with E-state index < -0.39 is 12.2 Å². The lowest BCUT2D eigenvalue weighted by Gasteiger charge is -2.16.